The van der Waals surface area contributed by atoms with E-state index in [2.05, 4.69) is 6.58 Å². The van der Waals surface area contributed by atoms with Gasteiger partial charge in [0.1, 0.15) is 42.7 Å². The number of phenolic OH excluding ortho intramolecular Hbond substituents is 1. The van der Waals surface area contributed by atoms with Gasteiger partial charge in [0.2, 0.25) is 6.29 Å². The zero-order valence-corrected chi connectivity index (χ0v) is 24.5. The lowest BCUT2D eigenvalue weighted by atomic mass is 9.73. The number of aliphatic hydroxyl groups excluding tert-OH is 6. The van der Waals surface area contributed by atoms with Crippen LogP contribution in [0.4, 0.5) is 0 Å². The Morgan fingerprint density at radius 3 is 2.51 bits per heavy atom. The molecular weight excluding hydrogens is 598 g/mol. The first kappa shape index (κ1) is 32.1. The van der Waals surface area contributed by atoms with Crippen LogP contribution in [0.2, 0.25) is 0 Å². The molecule has 0 spiro atoms. The molecule has 1 aromatic rings. The van der Waals surface area contributed by atoms with Crippen LogP contribution in [0.1, 0.15) is 23.6 Å². The number of benzene rings is 1. The van der Waals surface area contributed by atoms with Crippen molar-refractivity contribution in [2.75, 3.05) is 26.9 Å². The van der Waals surface area contributed by atoms with Crippen LogP contribution in [-0.4, -0.2) is 135 Å². The molecule has 0 radical (unpaired) electrons. The number of methoxy groups -OCH3 is 1. The number of carbonyl (C=O) groups excluding carboxylic acids is 1. The molecule has 6 rings (SSSR count). The average molecular weight is 638 g/mol. The van der Waals surface area contributed by atoms with Crippen LogP contribution >= 0.6 is 0 Å². The van der Waals surface area contributed by atoms with E-state index in [9.17, 15) is 40.5 Å². The fourth-order valence-corrected chi connectivity index (χ4v) is 6.81. The molecule has 0 aromatic heterocycles. The van der Waals surface area contributed by atoms with Gasteiger partial charge in [-0.3, -0.25) is 4.79 Å². The Balaban J connectivity index is 1.17. The smallest absolute Gasteiger partial charge is 0.253 e. The number of amides is 1. The number of aromatic hydroxyl groups is 1. The number of nitrogens with zero attached hydrogens (tertiary/aromatic N) is 1. The first-order chi connectivity index (χ1) is 21.5. The van der Waals surface area contributed by atoms with Gasteiger partial charge in [0, 0.05) is 18.4 Å². The van der Waals surface area contributed by atoms with E-state index in [1.807, 2.05) is 0 Å². The van der Waals surface area contributed by atoms with Crippen LogP contribution in [0, 0.1) is 11.8 Å². The van der Waals surface area contributed by atoms with Gasteiger partial charge in [0.05, 0.1) is 38.2 Å². The molecule has 3 fully saturated rings. The SMILES string of the molecule is C=C[C@@H]1[C@H](O[C@@H]2O[C@H](CO[C@H]3OC[C@H](O)[C@H](O)[C@@H]3O)[C@@H](O)[C@H](O)[C@H]2O)OC=C2C(=O)N3CCc4cc(OC)c(O)cc4[C@H]3C[C@H]21. The normalized spacial score (nSPS) is 41.2. The van der Waals surface area contributed by atoms with Gasteiger partial charge in [0.25, 0.3) is 5.91 Å². The number of carbonyl (C=O) groups is 1. The predicted molar refractivity (Wildman–Crippen MR) is 149 cm³/mol. The van der Waals surface area contributed by atoms with Gasteiger partial charge >= 0.3 is 0 Å². The second-order valence-electron chi connectivity index (χ2n) is 12.0. The van der Waals surface area contributed by atoms with Gasteiger partial charge in [-0.05, 0) is 36.1 Å². The Bertz CT molecular complexity index is 1310. The predicted octanol–water partition coefficient (Wildman–Crippen LogP) is -1.83. The number of ether oxygens (including phenoxy) is 6. The molecule has 0 saturated carbocycles. The standard InChI is InChI=1S/C30H39NO14/c1-3-13-15-7-17-14-8-18(32)20(40-2)6-12(14)4-5-31(17)27(39)16(15)9-41-28(13)45-30-26(38)24(36)23(35)21(44-30)11-43-29-25(37)22(34)19(33)10-42-29/h3,6,8-9,13,15,17,19,21-26,28-30,32-38H,1,4-5,7,10-11H2,2H3/t13-,15-,17+,19-,21+,22-,23+,24-,25-,26+,28-,29+,30-/m0/s1. The van der Waals surface area contributed by atoms with Gasteiger partial charge in [-0.1, -0.05) is 6.08 Å². The summed E-state index contributed by atoms with van der Waals surface area (Å²) in [6.07, 6.45) is -10.7. The van der Waals surface area contributed by atoms with Crippen molar-refractivity contribution in [2.45, 2.75) is 80.5 Å². The summed E-state index contributed by atoms with van der Waals surface area (Å²) in [6.45, 7) is 3.66. The summed E-state index contributed by atoms with van der Waals surface area (Å²) >= 11 is 0. The number of phenols is 1. The minimum atomic E-state index is -1.72. The van der Waals surface area contributed by atoms with Gasteiger partial charge in [-0.2, -0.15) is 0 Å². The van der Waals surface area contributed by atoms with Crippen molar-refractivity contribution in [3.63, 3.8) is 0 Å². The highest BCUT2D eigenvalue weighted by Crippen LogP contribution is 2.49. The Hall–Kier alpha value is -2.83. The fraction of sp³-hybridized carbons (Fsp3) is 0.633. The first-order valence-corrected chi connectivity index (χ1v) is 14.8. The molecule has 7 N–H and O–H groups in total. The lowest BCUT2D eigenvalue weighted by Crippen LogP contribution is -2.61. The van der Waals surface area contributed by atoms with E-state index in [1.165, 1.54) is 13.4 Å². The molecule has 0 unspecified atom stereocenters. The lowest BCUT2D eigenvalue weighted by molar-refractivity contribution is -0.348. The zero-order chi connectivity index (χ0) is 32.2. The third-order valence-electron chi connectivity index (χ3n) is 9.38. The molecule has 0 aliphatic carbocycles. The molecule has 15 heteroatoms. The average Bonchev–Trinajstić information content (AvgIpc) is 3.03. The Morgan fingerprint density at radius 1 is 1.02 bits per heavy atom. The minimum absolute atomic E-state index is 0.0265. The second-order valence-corrected chi connectivity index (χ2v) is 12.0. The summed E-state index contributed by atoms with van der Waals surface area (Å²) in [5.41, 5.74) is 2.22. The second kappa shape index (κ2) is 12.8. The van der Waals surface area contributed by atoms with Crippen LogP contribution in [-0.2, 0) is 34.9 Å². The van der Waals surface area contributed by atoms with E-state index in [0.29, 0.717) is 30.7 Å². The number of hydrogen-bond acceptors (Lipinski definition) is 14. The van der Waals surface area contributed by atoms with E-state index < -0.39 is 80.0 Å². The minimum Gasteiger partial charge on any atom is -0.504 e. The monoisotopic (exact) mass is 637 g/mol. The highest BCUT2D eigenvalue weighted by Gasteiger charge is 2.51. The van der Waals surface area contributed by atoms with Crippen molar-refractivity contribution in [2.24, 2.45) is 11.8 Å². The van der Waals surface area contributed by atoms with E-state index in [0.717, 1.165) is 11.1 Å². The summed E-state index contributed by atoms with van der Waals surface area (Å²) in [7, 11) is 1.48. The highest BCUT2D eigenvalue weighted by molar-refractivity contribution is 5.95. The van der Waals surface area contributed by atoms with Gasteiger partial charge in [-0.25, -0.2) is 0 Å². The number of piperidine rings is 1. The zero-order valence-electron chi connectivity index (χ0n) is 24.5. The van der Waals surface area contributed by atoms with Crippen LogP contribution in [0.25, 0.3) is 0 Å². The number of rotatable bonds is 7. The molecule has 13 atom stereocenters. The Kier molecular flexibility index (Phi) is 9.11. The van der Waals surface area contributed by atoms with Crippen molar-refractivity contribution >= 4 is 5.91 Å². The van der Waals surface area contributed by atoms with E-state index >= 15 is 0 Å². The Morgan fingerprint density at radius 2 is 1.78 bits per heavy atom. The molecule has 5 aliphatic heterocycles. The summed E-state index contributed by atoms with van der Waals surface area (Å²) in [6, 6.07) is 3.07. The topological polar surface area (TPSA) is 217 Å². The molecule has 248 valence electrons. The van der Waals surface area contributed by atoms with Crippen molar-refractivity contribution < 1.29 is 69.0 Å². The van der Waals surface area contributed by atoms with Gasteiger partial charge in [0.15, 0.2) is 24.1 Å². The fourth-order valence-electron chi connectivity index (χ4n) is 6.81. The maximum absolute atomic E-state index is 13.6. The van der Waals surface area contributed by atoms with E-state index in [4.69, 9.17) is 28.4 Å². The van der Waals surface area contributed by atoms with Crippen molar-refractivity contribution in [3.05, 3.63) is 47.7 Å². The van der Waals surface area contributed by atoms with Crippen molar-refractivity contribution in [1.82, 2.24) is 4.90 Å². The highest BCUT2D eigenvalue weighted by atomic mass is 16.8. The number of aliphatic hydroxyl groups is 6. The number of fused-ring (bicyclic) bond motifs is 4. The van der Waals surface area contributed by atoms with E-state index in [1.54, 1.807) is 23.1 Å². The van der Waals surface area contributed by atoms with Crippen molar-refractivity contribution in [3.8, 4) is 11.5 Å². The van der Waals surface area contributed by atoms with Gasteiger partial charge in [-0.15, -0.1) is 6.58 Å². The van der Waals surface area contributed by atoms with Gasteiger partial charge < -0.3 is 69.1 Å². The Labute approximate surface area is 258 Å². The molecular formula is C30H39NO14. The van der Waals surface area contributed by atoms with Crippen LogP contribution < -0.4 is 4.74 Å². The number of hydrogen-bond donors (Lipinski definition) is 7. The molecule has 1 amide bonds. The first-order valence-electron chi connectivity index (χ1n) is 14.8. The van der Waals surface area contributed by atoms with Crippen LogP contribution in [0.3, 0.4) is 0 Å². The largest absolute Gasteiger partial charge is 0.504 e. The summed E-state index contributed by atoms with van der Waals surface area (Å²) < 4.78 is 33.6. The van der Waals surface area contributed by atoms with Crippen LogP contribution in [0.5, 0.6) is 11.5 Å². The maximum Gasteiger partial charge on any atom is 0.253 e. The molecule has 5 aliphatic rings. The third kappa shape index (κ3) is 5.71. The van der Waals surface area contributed by atoms with Crippen LogP contribution in [0.15, 0.2) is 36.6 Å². The lowest BCUT2D eigenvalue weighted by Gasteiger charge is -2.49. The van der Waals surface area contributed by atoms with Crippen molar-refractivity contribution in [1.29, 1.82) is 0 Å². The molecule has 0 bridgehead atoms. The molecule has 5 heterocycles. The van der Waals surface area contributed by atoms with E-state index in [-0.39, 0.29) is 24.3 Å². The summed E-state index contributed by atoms with van der Waals surface area (Å²) in [4.78, 5) is 15.4. The summed E-state index contributed by atoms with van der Waals surface area (Å²) in [5.74, 6) is -0.888. The molecule has 3 saturated heterocycles. The maximum atomic E-state index is 13.6. The molecule has 45 heavy (non-hydrogen) atoms. The summed E-state index contributed by atoms with van der Waals surface area (Å²) in [5, 5.41) is 72.1. The molecule has 1 aromatic carbocycles. The third-order valence-corrected chi connectivity index (χ3v) is 9.38. The molecule has 15 nitrogen and oxygen atoms in total. The quantitative estimate of drug-likeness (QED) is 0.164.